The summed E-state index contributed by atoms with van der Waals surface area (Å²) in [5.74, 6) is 0.697. The number of halogens is 2. The van der Waals surface area contributed by atoms with Gasteiger partial charge in [-0.25, -0.2) is 0 Å². The summed E-state index contributed by atoms with van der Waals surface area (Å²) in [6, 6.07) is 0. The molecule has 120 valence electrons. The fourth-order valence-corrected chi connectivity index (χ4v) is 4.22. The highest BCUT2D eigenvalue weighted by atomic mass is 35.5. The van der Waals surface area contributed by atoms with E-state index in [0.29, 0.717) is 12.3 Å². The second kappa shape index (κ2) is 5.88. The van der Waals surface area contributed by atoms with Crippen molar-refractivity contribution in [2.45, 2.75) is 30.5 Å². The second-order valence-electron chi connectivity index (χ2n) is 6.89. The van der Waals surface area contributed by atoms with Gasteiger partial charge in [0.1, 0.15) is 4.33 Å². The maximum atomic E-state index is 12.7. The lowest BCUT2D eigenvalue weighted by atomic mass is 9.95. The Balaban J connectivity index is 1.54. The number of rotatable bonds is 3. The number of piperidine rings is 1. The first-order valence-electron chi connectivity index (χ1n) is 7.90. The van der Waals surface area contributed by atoms with E-state index in [-0.39, 0.29) is 5.91 Å². The molecule has 0 bridgehead atoms. The minimum atomic E-state index is -0.860. The molecule has 2 heterocycles. The molecule has 2 atom stereocenters. The van der Waals surface area contributed by atoms with E-state index in [1.807, 2.05) is 11.8 Å². The van der Waals surface area contributed by atoms with Crippen LogP contribution in [0, 0.1) is 11.3 Å². The predicted octanol–water partition coefficient (Wildman–Crippen LogP) is 2.14. The van der Waals surface area contributed by atoms with Crippen molar-refractivity contribution >= 4 is 29.1 Å². The number of hydrogen-bond donors (Lipinski definition) is 0. The minimum absolute atomic E-state index is 0.138. The number of amides is 1. The molecular weight excluding hydrogens is 311 g/mol. The fourth-order valence-electron chi connectivity index (χ4n) is 3.53. The van der Waals surface area contributed by atoms with Crippen molar-refractivity contribution in [2.75, 3.05) is 45.9 Å². The van der Waals surface area contributed by atoms with E-state index >= 15 is 0 Å². The lowest BCUT2D eigenvalue weighted by molar-refractivity contribution is -0.138. The molecule has 1 saturated carbocycles. The monoisotopic (exact) mass is 334 g/mol. The highest BCUT2D eigenvalue weighted by Crippen LogP contribution is 2.64. The summed E-state index contributed by atoms with van der Waals surface area (Å²) in [5.41, 5.74) is -0.572. The van der Waals surface area contributed by atoms with Crippen molar-refractivity contribution in [1.82, 2.24) is 9.80 Å². The van der Waals surface area contributed by atoms with Gasteiger partial charge in [0.15, 0.2) is 0 Å². The zero-order chi connectivity index (χ0) is 15.1. The maximum Gasteiger partial charge on any atom is 0.231 e. The summed E-state index contributed by atoms with van der Waals surface area (Å²) in [7, 11) is 0. The Hall–Kier alpha value is -0.0300. The first kappa shape index (κ1) is 15.9. The fraction of sp³-hybridized carbons (Fsp3) is 0.933. The van der Waals surface area contributed by atoms with E-state index in [1.165, 1.54) is 6.42 Å². The van der Waals surface area contributed by atoms with E-state index in [2.05, 4.69) is 4.90 Å². The minimum Gasteiger partial charge on any atom is -0.379 e. The largest absolute Gasteiger partial charge is 0.379 e. The standard InChI is InChI=1S/C15H24Cl2N2O2/c1-14(11-15(14,16)17)13(20)19-4-2-3-12(10-19)9-18-5-7-21-8-6-18/h12H,2-11H2,1H3. The molecule has 1 amide bonds. The molecule has 21 heavy (non-hydrogen) atoms. The van der Waals surface area contributed by atoms with E-state index in [9.17, 15) is 4.79 Å². The molecule has 0 aromatic rings. The van der Waals surface area contributed by atoms with Gasteiger partial charge in [0.2, 0.25) is 5.91 Å². The van der Waals surface area contributed by atoms with Gasteiger partial charge >= 0.3 is 0 Å². The smallest absolute Gasteiger partial charge is 0.231 e. The zero-order valence-corrected chi connectivity index (χ0v) is 14.1. The quantitative estimate of drug-likeness (QED) is 0.741. The summed E-state index contributed by atoms with van der Waals surface area (Å²) in [6.45, 7) is 8.32. The molecule has 0 spiro atoms. The Kier molecular flexibility index (Phi) is 4.44. The van der Waals surface area contributed by atoms with Crippen LogP contribution in [0.1, 0.15) is 26.2 Å². The van der Waals surface area contributed by atoms with Crippen molar-refractivity contribution in [3.63, 3.8) is 0 Å². The van der Waals surface area contributed by atoms with Gasteiger partial charge < -0.3 is 9.64 Å². The molecule has 0 aromatic heterocycles. The molecular formula is C15H24Cl2N2O2. The first-order valence-corrected chi connectivity index (χ1v) is 8.65. The molecule has 2 unspecified atom stereocenters. The lowest BCUT2D eigenvalue weighted by Crippen LogP contribution is -2.48. The van der Waals surface area contributed by atoms with E-state index in [4.69, 9.17) is 27.9 Å². The molecule has 3 fully saturated rings. The lowest BCUT2D eigenvalue weighted by Gasteiger charge is -2.38. The number of alkyl halides is 2. The summed E-state index contributed by atoms with van der Waals surface area (Å²) in [6.07, 6.45) is 2.85. The van der Waals surface area contributed by atoms with Crippen LogP contribution in [0.5, 0.6) is 0 Å². The van der Waals surface area contributed by atoms with Crippen LogP contribution in [0.25, 0.3) is 0 Å². The first-order chi connectivity index (χ1) is 9.92. The predicted molar refractivity (Wildman–Crippen MR) is 83.7 cm³/mol. The Labute approximate surface area is 136 Å². The average Bonchev–Trinajstić information content (AvgIpc) is 2.99. The third-order valence-electron chi connectivity index (χ3n) is 5.16. The third kappa shape index (κ3) is 3.19. The molecule has 4 nitrogen and oxygen atoms in total. The number of morpholine rings is 1. The van der Waals surface area contributed by atoms with Crippen LogP contribution in [-0.4, -0.2) is 66.0 Å². The molecule has 0 aromatic carbocycles. The van der Waals surface area contributed by atoms with Crippen molar-refractivity contribution in [1.29, 1.82) is 0 Å². The van der Waals surface area contributed by atoms with Gasteiger partial charge in [-0.1, -0.05) is 0 Å². The van der Waals surface area contributed by atoms with E-state index in [0.717, 1.165) is 52.4 Å². The van der Waals surface area contributed by atoms with Gasteiger partial charge in [0.25, 0.3) is 0 Å². The summed E-state index contributed by atoms with van der Waals surface area (Å²) in [4.78, 5) is 17.1. The summed E-state index contributed by atoms with van der Waals surface area (Å²) in [5, 5.41) is 0. The van der Waals surface area contributed by atoms with Gasteiger partial charge in [-0.2, -0.15) is 0 Å². The Bertz CT molecular complexity index is 412. The highest BCUT2D eigenvalue weighted by Gasteiger charge is 2.68. The van der Waals surface area contributed by atoms with Gasteiger partial charge in [-0.05, 0) is 32.1 Å². The van der Waals surface area contributed by atoms with E-state index < -0.39 is 9.75 Å². The van der Waals surface area contributed by atoms with Crippen LogP contribution >= 0.6 is 23.2 Å². The molecule has 3 rings (SSSR count). The van der Waals surface area contributed by atoms with Crippen molar-refractivity contribution in [3.05, 3.63) is 0 Å². The van der Waals surface area contributed by atoms with Gasteiger partial charge in [0.05, 0.1) is 18.6 Å². The topological polar surface area (TPSA) is 32.8 Å². The highest BCUT2D eigenvalue weighted by molar-refractivity contribution is 6.53. The second-order valence-corrected chi connectivity index (χ2v) is 8.37. The van der Waals surface area contributed by atoms with Crippen LogP contribution < -0.4 is 0 Å². The maximum absolute atomic E-state index is 12.7. The SMILES string of the molecule is CC1(C(=O)N2CCCC(CN3CCOCC3)C2)CC1(Cl)Cl. The number of carbonyl (C=O) groups excluding carboxylic acids is 1. The summed E-state index contributed by atoms with van der Waals surface area (Å²) >= 11 is 12.3. The molecule has 6 heteroatoms. The summed E-state index contributed by atoms with van der Waals surface area (Å²) < 4.78 is 4.53. The van der Waals surface area contributed by atoms with Crippen molar-refractivity contribution in [3.8, 4) is 0 Å². The van der Waals surface area contributed by atoms with Gasteiger partial charge in [0, 0.05) is 32.7 Å². The Morgan fingerprint density at radius 1 is 1.29 bits per heavy atom. The number of likely N-dealkylation sites (tertiary alicyclic amines) is 1. The Morgan fingerprint density at radius 2 is 1.95 bits per heavy atom. The van der Waals surface area contributed by atoms with Crippen LogP contribution in [0.3, 0.4) is 0 Å². The average molecular weight is 335 g/mol. The third-order valence-corrected chi connectivity index (χ3v) is 6.26. The van der Waals surface area contributed by atoms with Crippen molar-refractivity contribution in [2.24, 2.45) is 11.3 Å². The zero-order valence-electron chi connectivity index (χ0n) is 12.6. The molecule has 2 aliphatic heterocycles. The van der Waals surface area contributed by atoms with Crippen LogP contribution in [0.4, 0.5) is 0 Å². The molecule has 0 radical (unpaired) electrons. The number of ether oxygens (including phenoxy) is 1. The van der Waals surface area contributed by atoms with Crippen LogP contribution in [-0.2, 0) is 9.53 Å². The normalized spacial score (nSPS) is 36.5. The Morgan fingerprint density at radius 3 is 2.57 bits per heavy atom. The molecule has 3 aliphatic rings. The number of hydrogen-bond acceptors (Lipinski definition) is 3. The molecule has 1 aliphatic carbocycles. The van der Waals surface area contributed by atoms with Crippen LogP contribution in [0.15, 0.2) is 0 Å². The van der Waals surface area contributed by atoms with Gasteiger partial charge in [-0.15, -0.1) is 23.2 Å². The van der Waals surface area contributed by atoms with Crippen molar-refractivity contribution < 1.29 is 9.53 Å². The molecule has 0 N–H and O–H groups in total. The number of nitrogens with zero attached hydrogens (tertiary/aromatic N) is 2. The van der Waals surface area contributed by atoms with E-state index in [1.54, 1.807) is 0 Å². The van der Waals surface area contributed by atoms with Crippen LogP contribution in [0.2, 0.25) is 0 Å². The molecule has 2 saturated heterocycles. The van der Waals surface area contributed by atoms with Gasteiger partial charge in [-0.3, -0.25) is 9.69 Å². The number of carbonyl (C=O) groups is 1.